The highest BCUT2D eigenvalue weighted by atomic mass is 32.1. The van der Waals surface area contributed by atoms with E-state index in [2.05, 4.69) is 25.4 Å². The second-order valence-corrected chi connectivity index (χ2v) is 13.7. The number of benzene rings is 1. The molecule has 0 bridgehead atoms. The van der Waals surface area contributed by atoms with Crippen molar-refractivity contribution in [3.63, 3.8) is 0 Å². The Morgan fingerprint density at radius 1 is 1.26 bits per heavy atom. The lowest BCUT2D eigenvalue weighted by Crippen LogP contribution is -2.67. The van der Waals surface area contributed by atoms with Crippen molar-refractivity contribution in [2.75, 3.05) is 45.9 Å². The first-order chi connectivity index (χ1) is 21.7. The summed E-state index contributed by atoms with van der Waals surface area (Å²) < 4.78 is 20.3. The molecule has 14 heteroatoms. The summed E-state index contributed by atoms with van der Waals surface area (Å²) in [6.07, 6.45) is 1.68. The summed E-state index contributed by atoms with van der Waals surface area (Å²) in [5.74, 6) is -2.40. The number of piperazine rings is 1. The molecule has 2 fully saturated rings. The molecular weight excluding hydrogens is 613 g/mol. The molecule has 3 aliphatic heterocycles. The number of carbonyl (C=O) groups excluding carboxylic acids is 2. The summed E-state index contributed by atoms with van der Waals surface area (Å²) in [5.41, 5.74) is 0.859. The van der Waals surface area contributed by atoms with Crippen LogP contribution in [0.1, 0.15) is 56.8 Å². The molecule has 12 nitrogen and oxygen atoms in total. The van der Waals surface area contributed by atoms with Gasteiger partial charge in [-0.2, -0.15) is 0 Å². The molecule has 3 aliphatic rings. The van der Waals surface area contributed by atoms with Gasteiger partial charge in [0.2, 0.25) is 5.91 Å². The van der Waals surface area contributed by atoms with E-state index in [1.165, 1.54) is 24.3 Å². The Balaban J connectivity index is 1.49. The number of carboxylic acid groups (broad SMARTS) is 1. The Morgan fingerprint density at radius 3 is 2.67 bits per heavy atom. The third-order valence-corrected chi connectivity index (χ3v) is 9.77. The van der Waals surface area contributed by atoms with E-state index in [0.717, 1.165) is 0 Å². The molecule has 3 atom stereocenters. The second-order valence-electron chi connectivity index (χ2n) is 12.8. The van der Waals surface area contributed by atoms with Crippen molar-refractivity contribution in [1.82, 2.24) is 30.3 Å². The van der Waals surface area contributed by atoms with Gasteiger partial charge < -0.3 is 20.5 Å². The van der Waals surface area contributed by atoms with E-state index in [-0.39, 0.29) is 30.9 Å². The minimum atomic E-state index is -1.03. The molecule has 2 aromatic rings. The van der Waals surface area contributed by atoms with Crippen LogP contribution in [0, 0.1) is 18.2 Å². The number of thiazole rings is 1. The molecule has 0 saturated carbocycles. The average molecular weight is 656 g/mol. The predicted octanol–water partition coefficient (Wildman–Crippen LogP) is 2.72. The van der Waals surface area contributed by atoms with Crippen LogP contribution in [0.4, 0.5) is 4.39 Å². The minimum absolute atomic E-state index is 0.0289. The van der Waals surface area contributed by atoms with Crippen molar-refractivity contribution >= 4 is 35.0 Å². The molecule has 4 heterocycles. The Bertz CT molecular complexity index is 1560. The lowest BCUT2D eigenvalue weighted by molar-refractivity contribution is -0.150. The highest BCUT2D eigenvalue weighted by Gasteiger charge is 2.53. The molecule has 5 rings (SSSR count). The fourth-order valence-corrected chi connectivity index (χ4v) is 7.23. The van der Waals surface area contributed by atoms with Gasteiger partial charge >= 0.3 is 11.9 Å². The second kappa shape index (κ2) is 13.2. The summed E-state index contributed by atoms with van der Waals surface area (Å²) in [4.78, 5) is 53.8. The maximum absolute atomic E-state index is 14.8. The van der Waals surface area contributed by atoms with E-state index >= 15 is 0 Å². The van der Waals surface area contributed by atoms with Gasteiger partial charge in [-0.15, -0.1) is 11.3 Å². The van der Waals surface area contributed by atoms with Gasteiger partial charge in [-0.1, -0.05) is 12.1 Å². The molecular formula is C32H42FN7O5S. The number of nitrogens with one attached hydrogen (secondary N) is 2. The van der Waals surface area contributed by atoms with Gasteiger partial charge in [0.1, 0.15) is 17.6 Å². The first-order valence-electron chi connectivity index (χ1n) is 15.4. The van der Waals surface area contributed by atoms with Crippen LogP contribution in [0.25, 0.3) is 0 Å². The number of carbonyl (C=O) groups is 3. The minimum Gasteiger partial charge on any atom is -0.481 e. The zero-order valence-electron chi connectivity index (χ0n) is 27.1. The normalized spacial score (nSPS) is 24.3. The number of aliphatic imine (C=N–C) groups is 1. The number of hydrogen-bond acceptors (Lipinski definition) is 11. The summed E-state index contributed by atoms with van der Waals surface area (Å²) in [7, 11) is 0. The number of esters is 1. The summed E-state index contributed by atoms with van der Waals surface area (Å²) >= 11 is 1.41. The van der Waals surface area contributed by atoms with E-state index in [1.54, 1.807) is 46.0 Å². The maximum atomic E-state index is 14.8. The molecule has 0 radical (unpaired) electrons. The molecule has 1 aromatic heterocycles. The lowest BCUT2D eigenvalue weighted by Gasteiger charge is -2.47. The smallest absolute Gasteiger partial charge is 0.338 e. The Labute approximate surface area is 272 Å². The number of fused-ring (bicyclic) bond motifs is 1. The number of carboxylic acids is 1. The van der Waals surface area contributed by atoms with Crippen LogP contribution < -0.4 is 10.6 Å². The molecule has 3 N–H and O–H groups in total. The lowest BCUT2D eigenvalue weighted by atomic mass is 9.92. The van der Waals surface area contributed by atoms with Gasteiger partial charge in [-0.05, 0) is 51.8 Å². The monoisotopic (exact) mass is 655 g/mol. The fraction of sp³-hybridized carbons (Fsp3) is 0.531. The number of amidine groups is 1. The van der Waals surface area contributed by atoms with E-state index in [1.807, 2.05) is 17.2 Å². The van der Waals surface area contributed by atoms with Gasteiger partial charge in [-0.3, -0.25) is 29.3 Å². The third-order valence-electron chi connectivity index (χ3n) is 8.99. The van der Waals surface area contributed by atoms with Gasteiger partial charge in [0.15, 0.2) is 10.8 Å². The molecule has 248 valence electrons. The summed E-state index contributed by atoms with van der Waals surface area (Å²) in [5, 5.41) is 18.8. The van der Waals surface area contributed by atoms with E-state index in [4.69, 9.17) is 9.73 Å². The molecule has 1 aromatic carbocycles. The number of aromatic nitrogens is 1. The average Bonchev–Trinajstić information content (AvgIpc) is 3.60. The van der Waals surface area contributed by atoms with Gasteiger partial charge in [0.25, 0.3) is 0 Å². The van der Waals surface area contributed by atoms with Crippen LogP contribution in [0.15, 0.2) is 46.0 Å². The zero-order valence-corrected chi connectivity index (χ0v) is 27.9. The molecule has 2 saturated heterocycles. The number of rotatable bonds is 10. The van der Waals surface area contributed by atoms with Crippen LogP contribution in [-0.2, 0) is 19.1 Å². The first kappa shape index (κ1) is 33.6. The topological polar surface area (TPSA) is 140 Å². The summed E-state index contributed by atoms with van der Waals surface area (Å²) in [6, 6.07) is 3.94. The third kappa shape index (κ3) is 6.57. The first-order valence-corrected chi connectivity index (χ1v) is 16.3. The molecule has 0 aliphatic carbocycles. The van der Waals surface area contributed by atoms with Crippen LogP contribution in [-0.4, -0.2) is 106 Å². The van der Waals surface area contributed by atoms with Crippen molar-refractivity contribution in [1.29, 1.82) is 0 Å². The Morgan fingerprint density at radius 2 is 2.02 bits per heavy atom. The number of ether oxygens (including phenoxy) is 1. The highest BCUT2D eigenvalue weighted by molar-refractivity contribution is 7.11. The largest absolute Gasteiger partial charge is 0.481 e. The van der Waals surface area contributed by atoms with Crippen LogP contribution in [0.3, 0.4) is 0 Å². The van der Waals surface area contributed by atoms with Crippen molar-refractivity contribution in [2.45, 2.75) is 59.4 Å². The quantitative estimate of drug-likeness (QED) is 0.328. The number of nitrogens with zero attached hydrogens (tertiary/aromatic N) is 5. The fourth-order valence-electron chi connectivity index (χ4n) is 6.64. The van der Waals surface area contributed by atoms with Crippen LogP contribution >= 0.6 is 11.3 Å². The van der Waals surface area contributed by atoms with Gasteiger partial charge in [0, 0.05) is 69.5 Å². The highest BCUT2D eigenvalue weighted by Crippen LogP contribution is 2.37. The van der Waals surface area contributed by atoms with Gasteiger partial charge in [0.05, 0.1) is 17.6 Å². The number of halogens is 1. The SMILES string of the molecule is CCOC(=O)C1=C(CN2CCN3C(C2)CN(CC(C)(C)C(=O)O)[C@@]3(C)NC(C)=O)NC(c2nccs2)=N[C@H]1c1cccc(F)c1C. The number of aliphatic carboxylic acids is 1. The molecule has 1 unspecified atom stereocenters. The van der Waals surface area contributed by atoms with E-state index < -0.39 is 29.2 Å². The number of hydrogen-bond donors (Lipinski definition) is 3. The van der Waals surface area contributed by atoms with Gasteiger partial charge in [-0.25, -0.2) is 14.2 Å². The Kier molecular flexibility index (Phi) is 9.64. The predicted molar refractivity (Wildman–Crippen MR) is 171 cm³/mol. The van der Waals surface area contributed by atoms with Crippen molar-refractivity contribution in [2.24, 2.45) is 10.4 Å². The molecule has 0 spiro atoms. The van der Waals surface area contributed by atoms with Crippen LogP contribution in [0.2, 0.25) is 0 Å². The number of amides is 1. The van der Waals surface area contributed by atoms with E-state index in [9.17, 15) is 23.9 Å². The van der Waals surface area contributed by atoms with Crippen molar-refractivity contribution in [3.8, 4) is 0 Å². The van der Waals surface area contributed by atoms with E-state index in [0.29, 0.717) is 66.0 Å². The maximum Gasteiger partial charge on any atom is 0.338 e. The van der Waals surface area contributed by atoms with Crippen molar-refractivity contribution in [3.05, 3.63) is 63.0 Å². The standard InChI is InChI=1S/C32H42FN7O5S/c1-7-45-29(42)25-24(35-27(28-34-11-14-46-28)36-26(25)22-9-8-10-23(33)19(22)2)17-38-12-13-40-21(15-38)16-39(18-31(4,5)30(43)44)32(40,6)37-20(3)41/h8-11,14,21,26H,7,12-13,15-18H2,1-6H3,(H,35,36)(H,37,41)(H,43,44)/t21?,26-,32+/m0/s1. The molecule has 46 heavy (non-hydrogen) atoms. The molecule has 1 amide bonds. The van der Waals surface area contributed by atoms with Crippen LogP contribution in [0.5, 0.6) is 0 Å². The summed E-state index contributed by atoms with van der Waals surface area (Å²) in [6.45, 7) is 13.3. The Hall–Kier alpha value is -3.72. The van der Waals surface area contributed by atoms with Crippen molar-refractivity contribution < 1.29 is 28.6 Å². The zero-order chi connectivity index (χ0) is 33.4.